The number of primary amides is 1. The Bertz CT molecular complexity index is 490. The van der Waals surface area contributed by atoms with Crippen LogP contribution >= 0.6 is 0 Å². The van der Waals surface area contributed by atoms with Crippen LogP contribution in [0.25, 0.3) is 0 Å². The molecule has 138 valence electrons. The molecule has 2 amide bonds. The second kappa shape index (κ2) is 7.80. The van der Waals surface area contributed by atoms with Crippen LogP contribution in [0, 0.1) is 0 Å². The molecular formula is C15H27N3O6. The average molecular weight is 345 g/mol. The van der Waals surface area contributed by atoms with Gasteiger partial charge in [-0.15, -0.1) is 0 Å². The second-order valence-corrected chi connectivity index (χ2v) is 6.62. The highest BCUT2D eigenvalue weighted by atomic mass is 16.6. The lowest BCUT2D eigenvalue weighted by Crippen LogP contribution is -2.65. The van der Waals surface area contributed by atoms with Crippen molar-refractivity contribution in [2.75, 3.05) is 27.3 Å². The number of methoxy groups -OCH3 is 1. The van der Waals surface area contributed by atoms with Crippen LogP contribution in [0.4, 0.5) is 4.79 Å². The molecule has 0 aromatic carbocycles. The van der Waals surface area contributed by atoms with Gasteiger partial charge in [0.1, 0.15) is 5.60 Å². The molecule has 1 unspecified atom stereocenters. The Balaban J connectivity index is 3.01. The van der Waals surface area contributed by atoms with E-state index in [0.29, 0.717) is 13.0 Å². The Morgan fingerprint density at radius 1 is 1.25 bits per heavy atom. The predicted molar refractivity (Wildman–Crippen MR) is 84.4 cm³/mol. The number of carbonyl (C=O) groups is 3. The summed E-state index contributed by atoms with van der Waals surface area (Å²) in [6, 6.07) is 0. The van der Waals surface area contributed by atoms with Gasteiger partial charge in [0.2, 0.25) is 5.72 Å². The molecule has 0 aromatic rings. The van der Waals surface area contributed by atoms with Crippen molar-refractivity contribution >= 4 is 18.0 Å². The Morgan fingerprint density at radius 3 is 2.38 bits per heavy atom. The van der Waals surface area contributed by atoms with Crippen molar-refractivity contribution in [3.05, 3.63) is 0 Å². The first-order valence-electron chi connectivity index (χ1n) is 7.78. The van der Waals surface area contributed by atoms with Crippen molar-refractivity contribution in [1.82, 2.24) is 10.0 Å². The summed E-state index contributed by atoms with van der Waals surface area (Å²) in [5.74, 6) is -1.34. The number of piperidine rings is 1. The summed E-state index contributed by atoms with van der Waals surface area (Å²) in [6.45, 7) is 5.13. The van der Waals surface area contributed by atoms with Gasteiger partial charge < -0.3 is 19.9 Å². The fourth-order valence-corrected chi connectivity index (χ4v) is 2.51. The molecule has 0 aromatic heterocycles. The summed E-state index contributed by atoms with van der Waals surface area (Å²) >= 11 is 0. The van der Waals surface area contributed by atoms with E-state index in [4.69, 9.17) is 19.9 Å². The minimum absolute atomic E-state index is 0.367. The average Bonchev–Trinajstić information content (AvgIpc) is 2.49. The van der Waals surface area contributed by atoms with Gasteiger partial charge >= 0.3 is 12.1 Å². The summed E-state index contributed by atoms with van der Waals surface area (Å²) in [4.78, 5) is 35.6. The molecule has 1 heterocycles. The zero-order chi connectivity index (χ0) is 18.5. The third kappa shape index (κ3) is 4.81. The van der Waals surface area contributed by atoms with Crippen molar-refractivity contribution in [1.29, 1.82) is 0 Å². The molecule has 0 radical (unpaired) electrons. The monoisotopic (exact) mass is 345 g/mol. The molecule has 24 heavy (non-hydrogen) atoms. The topological polar surface area (TPSA) is 111 Å². The van der Waals surface area contributed by atoms with Gasteiger partial charge in [0.15, 0.2) is 6.61 Å². The number of esters is 1. The highest BCUT2D eigenvalue weighted by Gasteiger charge is 2.51. The number of hydrogen-bond donors (Lipinski definition) is 1. The largest absolute Gasteiger partial charge is 0.457 e. The maximum Gasteiger partial charge on any atom is 0.424 e. The normalized spacial score (nSPS) is 21.9. The zero-order valence-corrected chi connectivity index (χ0v) is 15.0. The van der Waals surface area contributed by atoms with E-state index >= 15 is 0 Å². The van der Waals surface area contributed by atoms with E-state index in [2.05, 4.69) is 0 Å². The van der Waals surface area contributed by atoms with Gasteiger partial charge in [-0.1, -0.05) is 0 Å². The number of rotatable bonds is 5. The van der Waals surface area contributed by atoms with E-state index in [0.717, 1.165) is 17.9 Å². The lowest BCUT2D eigenvalue weighted by Gasteiger charge is -2.47. The molecule has 0 aliphatic carbocycles. The molecule has 0 spiro atoms. The van der Waals surface area contributed by atoms with E-state index < -0.39 is 35.9 Å². The van der Waals surface area contributed by atoms with E-state index in [1.807, 2.05) is 0 Å². The Labute approximate surface area is 141 Å². The molecule has 1 rings (SSSR count). The van der Waals surface area contributed by atoms with Crippen molar-refractivity contribution in [3.63, 3.8) is 0 Å². The number of hydrogen-bond acceptors (Lipinski definition) is 7. The number of nitrogens with two attached hydrogens (primary N) is 1. The Hall–Kier alpha value is -1.87. The van der Waals surface area contributed by atoms with Crippen LogP contribution in [0.15, 0.2) is 0 Å². The van der Waals surface area contributed by atoms with Crippen LogP contribution in [0.5, 0.6) is 0 Å². The van der Waals surface area contributed by atoms with Gasteiger partial charge in [-0.3, -0.25) is 4.79 Å². The van der Waals surface area contributed by atoms with E-state index in [9.17, 15) is 14.4 Å². The molecular weight excluding hydrogens is 318 g/mol. The first-order valence-corrected chi connectivity index (χ1v) is 7.78. The molecule has 9 nitrogen and oxygen atoms in total. The van der Waals surface area contributed by atoms with Gasteiger partial charge in [-0.05, 0) is 33.6 Å². The smallest absolute Gasteiger partial charge is 0.424 e. The van der Waals surface area contributed by atoms with Crippen LogP contribution < -0.4 is 5.73 Å². The maximum absolute atomic E-state index is 12.7. The quantitative estimate of drug-likeness (QED) is 0.727. The van der Waals surface area contributed by atoms with Crippen LogP contribution in [-0.4, -0.2) is 66.6 Å². The molecule has 0 saturated carbocycles. The zero-order valence-electron chi connectivity index (χ0n) is 15.0. The third-order valence-electron chi connectivity index (χ3n) is 3.57. The lowest BCUT2D eigenvalue weighted by atomic mass is 9.99. The minimum Gasteiger partial charge on any atom is -0.457 e. The standard InChI is InChI=1S/C15H27N3O6/c1-14(2,3)24-12(20)15(22-5)8-6-7-9-18(15)17(4)13(21)23-10-11(16)19/h6-10H2,1-5H3,(H2,16,19). The third-order valence-corrected chi connectivity index (χ3v) is 3.57. The fraction of sp³-hybridized carbons (Fsp3) is 0.800. The van der Waals surface area contributed by atoms with Crippen molar-refractivity contribution < 1.29 is 28.6 Å². The predicted octanol–water partition coefficient (Wildman–Crippen LogP) is 0.625. The van der Waals surface area contributed by atoms with Crippen LogP contribution in [-0.2, 0) is 23.8 Å². The fourth-order valence-electron chi connectivity index (χ4n) is 2.51. The maximum atomic E-state index is 12.7. The second-order valence-electron chi connectivity index (χ2n) is 6.62. The highest BCUT2D eigenvalue weighted by Crippen LogP contribution is 2.33. The molecule has 1 fully saturated rings. The number of carbonyl (C=O) groups excluding carboxylic acids is 3. The Morgan fingerprint density at radius 2 is 1.88 bits per heavy atom. The van der Waals surface area contributed by atoms with Crippen LogP contribution in [0.1, 0.15) is 40.0 Å². The molecule has 9 heteroatoms. The SMILES string of the molecule is COC1(C(=O)OC(C)(C)C)CCCCN1N(C)C(=O)OCC(N)=O. The minimum atomic E-state index is -1.42. The van der Waals surface area contributed by atoms with Crippen LogP contribution in [0.2, 0.25) is 0 Å². The molecule has 0 bridgehead atoms. The lowest BCUT2D eigenvalue weighted by molar-refractivity contribution is -0.246. The van der Waals surface area contributed by atoms with E-state index in [1.165, 1.54) is 19.2 Å². The molecule has 1 atom stereocenters. The number of ether oxygens (including phenoxy) is 3. The number of amides is 2. The van der Waals surface area contributed by atoms with Crippen molar-refractivity contribution in [2.24, 2.45) is 5.73 Å². The summed E-state index contributed by atoms with van der Waals surface area (Å²) < 4.78 is 15.8. The highest BCUT2D eigenvalue weighted by molar-refractivity contribution is 5.81. The van der Waals surface area contributed by atoms with Gasteiger partial charge in [0.25, 0.3) is 5.91 Å². The van der Waals surface area contributed by atoms with Gasteiger partial charge in [-0.2, -0.15) is 5.01 Å². The van der Waals surface area contributed by atoms with Crippen molar-refractivity contribution in [3.8, 4) is 0 Å². The molecule has 1 saturated heterocycles. The van der Waals surface area contributed by atoms with E-state index in [-0.39, 0.29) is 0 Å². The van der Waals surface area contributed by atoms with Gasteiger partial charge in [0.05, 0.1) is 0 Å². The summed E-state index contributed by atoms with van der Waals surface area (Å²) in [6.07, 6.45) is 1.07. The number of nitrogens with zero attached hydrogens (tertiary/aromatic N) is 2. The van der Waals surface area contributed by atoms with Crippen molar-refractivity contribution in [2.45, 2.75) is 51.4 Å². The summed E-state index contributed by atoms with van der Waals surface area (Å²) in [5.41, 5.74) is 2.85. The first kappa shape index (κ1) is 20.2. The summed E-state index contributed by atoms with van der Waals surface area (Å²) in [5, 5.41) is 2.59. The number of hydrazine groups is 1. The summed E-state index contributed by atoms with van der Waals surface area (Å²) in [7, 11) is 2.83. The van der Waals surface area contributed by atoms with Gasteiger partial charge in [0, 0.05) is 27.1 Å². The molecule has 1 aliphatic heterocycles. The molecule has 2 N–H and O–H groups in total. The molecule has 1 aliphatic rings. The van der Waals surface area contributed by atoms with Gasteiger partial charge in [-0.25, -0.2) is 14.6 Å². The Kier molecular flexibility index (Phi) is 6.56. The van der Waals surface area contributed by atoms with E-state index in [1.54, 1.807) is 20.8 Å². The first-order chi connectivity index (χ1) is 11.0. The van der Waals surface area contributed by atoms with Crippen LogP contribution in [0.3, 0.4) is 0 Å².